The first kappa shape index (κ1) is 11.0. The monoisotopic (exact) mass is 191 g/mol. The van der Waals surface area contributed by atoms with Crippen molar-refractivity contribution in [2.45, 2.75) is 13.0 Å². The second-order valence-electron chi connectivity index (χ2n) is 2.09. The van der Waals surface area contributed by atoms with Crippen LogP contribution in [0.5, 0.6) is 0 Å². The highest BCUT2D eigenvalue weighted by Crippen LogP contribution is 2.03. The van der Waals surface area contributed by atoms with E-state index in [1.807, 2.05) is 0 Å². The van der Waals surface area contributed by atoms with Crippen LogP contribution in [0.4, 0.5) is 0 Å². The van der Waals surface area contributed by atoms with Gasteiger partial charge in [-0.3, -0.25) is 4.79 Å². The molecule has 0 aromatic heterocycles. The Balaban J connectivity index is 4.42. The molecule has 5 heteroatoms. The Bertz CT molecular complexity index is 203. The lowest BCUT2D eigenvalue weighted by molar-refractivity contribution is -0.142. The molecule has 1 atom stereocenters. The molecule has 68 valence electrons. The summed E-state index contributed by atoms with van der Waals surface area (Å²) >= 11 is 5.36. The van der Waals surface area contributed by atoms with Crippen molar-refractivity contribution in [2.24, 2.45) is 0 Å². The number of hydrogen-bond donors (Lipinski definition) is 1. The van der Waals surface area contributed by atoms with Gasteiger partial charge in [0.15, 0.2) is 0 Å². The van der Waals surface area contributed by atoms with E-state index in [-0.39, 0.29) is 0 Å². The summed E-state index contributed by atoms with van der Waals surface area (Å²) < 4.78 is 4.43. The first-order chi connectivity index (χ1) is 5.67. The minimum atomic E-state index is -0.787. The van der Waals surface area contributed by atoms with Crippen LogP contribution < -0.4 is 5.32 Å². The fourth-order valence-electron chi connectivity index (χ4n) is 0.634. The normalized spacial score (nSPS) is 13.4. The van der Waals surface area contributed by atoms with E-state index in [1.54, 1.807) is 6.92 Å². The minimum absolute atomic E-state index is 0.422. The molecular weight excluding hydrogens is 182 g/mol. The van der Waals surface area contributed by atoms with Crippen LogP contribution in [0.3, 0.4) is 0 Å². The Labute approximate surface area is 75.5 Å². The molecular formula is C7H10ClNO3. The Hall–Kier alpha value is -1.03. The number of methoxy groups -OCH3 is 1. The summed E-state index contributed by atoms with van der Waals surface area (Å²) in [5.41, 5.74) is 1.74. The lowest BCUT2D eigenvalue weighted by atomic mass is 10.1. The number of ether oxygens (including phenoxy) is 1. The Morgan fingerprint density at radius 1 is 1.67 bits per heavy atom. The molecule has 0 heterocycles. The average molecular weight is 192 g/mol. The minimum Gasteiger partial charge on any atom is -0.467 e. The van der Waals surface area contributed by atoms with Crippen LogP contribution in [0.15, 0.2) is 11.1 Å². The zero-order valence-corrected chi connectivity index (χ0v) is 7.59. The third kappa shape index (κ3) is 2.92. The maximum absolute atomic E-state index is 11.0. The van der Waals surface area contributed by atoms with Gasteiger partial charge in [0.25, 0.3) is 0 Å². The van der Waals surface area contributed by atoms with E-state index >= 15 is 0 Å². The molecule has 0 fully saturated rings. The van der Waals surface area contributed by atoms with E-state index in [0.717, 1.165) is 0 Å². The van der Waals surface area contributed by atoms with Gasteiger partial charge in [0, 0.05) is 5.54 Å². The van der Waals surface area contributed by atoms with E-state index in [1.165, 1.54) is 12.6 Å². The quantitative estimate of drug-likeness (QED) is 0.518. The molecule has 0 aliphatic heterocycles. The largest absolute Gasteiger partial charge is 0.467 e. The van der Waals surface area contributed by atoms with Crippen LogP contribution in [0.25, 0.3) is 0 Å². The Morgan fingerprint density at radius 2 is 2.25 bits per heavy atom. The van der Waals surface area contributed by atoms with Crippen LogP contribution in [-0.2, 0) is 14.3 Å². The third-order valence-corrected chi connectivity index (χ3v) is 1.64. The van der Waals surface area contributed by atoms with Crippen LogP contribution in [0.1, 0.15) is 6.92 Å². The predicted octanol–water partition coefficient (Wildman–Crippen LogP) is 0.417. The molecule has 1 amide bonds. The third-order valence-electron chi connectivity index (χ3n) is 1.30. The molecule has 0 spiro atoms. The molecule has 0 bridgehead atoms. The fourth-order valence-corrected chi connectivity index (χ4v) is 0.760. The SMILES string of the molecule is COC(=O)C(NC=O)C(C)=CCl. The molecule has 0 aliphatic rings. The summed E-state index contributed by atoms with van der Waals surface area (Å²) in [6.07, 6.45) is 0.422. The van der Waals surface area contributed by atoms with Crippen LogP contribution in [0.2, 0.25) is 0 Å². The molecule has 4 nitrogen and oxygen atoms in total. The molecule has 0 aliphatic carbocycles. The number of hydrogen-bond acceptors (Lipinski definition) is 3. The van der Waals surface area contributed by atoms with Gasteiger partial charge in [0.2, 0.25) is 6.41 Å². The number of carbonyl (C=O) groups excluding carboxylic acids is 2. The van der Waals surface area contributed by atoms with E-state index in [9.17, 15) is 9.59 Å². The van der Waals surface area contributed by atoms with Crippen LogP contribution in [-0.4, -0.2) is 25.5 Å². The average Bonchev–Trinajstić information content (AvgIpc) is 2.11. The van der Waals surface area contributed by atoms with E-state index in [2.05, 4.69) is 10.1 Å². The summed E-state index contributed by atoms with van der Waals surface area (Å²) in [5, 5.41) is 2.28. The summed E-state index contributed by atoms with van der Waals surface area (Å²) in [6.45, 7) is 1.62. The second-order valence-corrected chi connectivity index (χ2v) is 2.31. The van der Waals surface area contributed by atoms with Crippen molar-refractivity contribution in [3.05, 3.63) is 11.1 Å². The van der Waals surface area contributed by atoms with Gasteiger partial charge in [-0.05, 0) is 12.5 Å². The van der Waals surface area contributed by atoms with E-state index in [0.29, 0.717) is 12.0 Å². The van der Waals surface area contributed by atoms with Gasteiger partial charge < -0.3 is 10.1 Å². The van der Waals surface area contributed by atoms with Gasteiger partial charge in [0.05, 0.1) is 7.11 Å². The van der Waals surface area contributed by atoms with Crippen molar-refractivity contribution < 1.29 is 14.3 Å². The summed E-state index contributed by atoms with van der Waals surface area (Å²) in [7, 11) is 1.24. The first-order valence-electron chi connectivity index (χ1n) is 3.21. The van der Waals surface area contributed by atoms with Crippen molar-refractivity contribution >= 4 is 24.0 Å². The van der Waals surface area contributed by atoms with Gasteiger partial charge in [-0.2, -0.15) is 0 Å². The molecule has 0 saturated heterocycles. The summed E-state index contributed by atoms with van der Waals surface area (Å²) in [4.78, 5) is 21.0. The van der Waals surface area contributed by atoms with Crippen molar-refractivity contribution in [3.8, 4) is 0 Å². The molecule has 0 aromatic rings. The summed E-state index contributed by atoms with van der Waals surface area (Å²) in [6, 6.07) is -0.787. The lowest BCUT2D eigenvalue weighted by Crippen LogP contribution is -2.37. The second kappa shape index (κ2) is 5.60. The number of halogens is 1. The highest BCUT2D eigenvalue weighted by atomic mass is 35.5. The fraction of sp³-hybridized carbons (Fsp3) is 0.429. The molecule has 0 radical (unpaired) electrons. The van der Waals surface area contributed by atoms with Crippen molar-refractivity contribution in [1.82, 2.24) is 5.32 Å². The van der Waals surface area contributed by atoms with Crippen molar-refractivity contribution in [2.75, 3.05) is 7.11 Å². The highest BCUT2D eigenvalue weighted by Gasteiger charge is 2.19. The molecule has 1 unspecified atom stereocenters. The van der Waals surface area contributed by atoms with Crippen molar-refractivity contribution in [1.29, 1.82) is 0 Å². The zero-order valence-electron chi connectivity index (χ0n) is 6.83. The Morgan fingerprint density at radius 3 is 2.58 bits per heavy atom. The van der Waals surface area contributed by atoms with E-state index in [4.69, 9.17) is 11.6 Å². The van der Waals surface area contributed by atoms with Gasteiger partial charge >= 0.3 is 5.97 Å². The molecule has 12 heavy (non-hydrogen) atoms. The molecule has 0 rings (SSSR count). The van der Waals surface area contributed by atoms with Gasteiger partial charge in [-0.15, -0.1) is 0 Å². The zero-order chi connectivity index (χ0) is 9.56. The van der Waals surface area contributed by atoms with Gasteiger partial charge in [0.1, 0.15) is 6.04 Å². The van der Waals surface area contributed by atoms with Crippen LogP contribution in [0, 0.1) is 0 Å². The topological polar surface area (TPSA) is 55.4 Å². The number of carbonyl (C=O) groups is 2. The number of amides is 1. The maximum atomic E-state index is 11.0. The lowest BCUT2D eigenvalue weighted by Gasteiger charge is -2.12. The molecule has 1 N–H and O–H groups in total. The highest BCUT2D eigenvalue weighted by molar-refractivity contribution is 6.26. The number of rotatable bonds is 4. The molecule has 0 aromatic carbocycles. The van der Waals surface area contributed by atoms with E-state index < -0.39 is 12.0 Å². The summed E-state index contributed by atoms with van der Waals surface area (Å²) in [5.74, 6) is -0.545. The number of esters is 1. The van der Waals surface area contributed by atoms with Crippen LogP contribution >= 0.6 is 11.6 Å². The smallest absolute Gasteiger partial charge is 0.332 e. The van der Waals surface area contributed by atoms with Gasteiger partial charge in [-0.1, -0.05) is 11.6 Å². The first-order valence-corrected chi connectivity index (χ1v) is 3.65. The van der Waals surface area contributed by atoms with Gasteiger partial charge in [-0.25, -0.2) is 4.79 Å². The maximum Gasteiger partial charge on any atom is 0.332 e. The predicted molar refractivity (Wildman–Crippen MR) is 44.6 cm³/mol. The molecule has 0 saturated carbocycles. The number of nitrogens with one attached hydrogen (secondary N) is 1. The standard InChI is InChI=1S/C7H10ClNO3/c1-5(3-8)6(9-4-10)7(11)12-2/h3-4,6H,1-2H3,(H,9,10). The van der Waals surface area contributed by atoms with Crippen molar-refractivity contribution in [3.63, 3.8) is 0 Å². The Kier molecular flexibility index (Phi) is 5.12.